The van der Waals surface area contributed by atoms with Gasteiger partial charge in [0.1, 0.15) is 12.7 Å². The van der Waals surface area contributed by atoms with E-state index in [0.29, 0.717) is 12.6 Å². The summed E-state index contributed by atoms with van der Waals surface area (Å²) >= 11 is 0. The van der Waals surface area contributed by atoms with Gasteiger partial charge in [0.25, 0.3) is 0 Å². The predicted molar refractivity (Wildman–Crippen MR) is 75.1 cm³/mol. The van der Waals surface area contributed by atoms with Gasteiger partial charge in [0, 0.05) is 18.3 Å². The van der Waals surface area contributed by atoms with E-state index in [0.717, 1.165) is 18.8 Å². The molecule has 5 heteroatoms. The lowest BCUT2D eigenvalue weighted by Crippen LogP contribution is -2.21. The van der Waals surface area contributed by atoms with Crippen LogP contribution in [0, 0.1) is 0 Å². The zero-order valence-corrected chi connectivity index (χ0v) is 11.4. The maximum absolute atomic E-state index is 5.40. The largest absolute Gasteiger partial charge is 0.380 e. The molecule has 1 unspecified atom stereocenters. The van der Waals surface area contributed by atoms with Gasteiger partial charge in [-0.2, -0.15) is 5.10 Å². The van der Waals surface area contributed by atoms with Gasteiger partial charge >= 0.3 is 0 Å². The van der Waals surface area contributed by atoms with E-state index in [1.807, 2.05) is 17.7 Å². The lowest BCUT2D eigenvalue weighted by atomic mass is 10.2. The second-order valence-electron chi connectivity index (χ2n) is 4.50. The fourth-order valence-electron chi connectivity index (χ4n) is 1.88. The molecule has 19 heavy (non-hydrogen) atoms. The normalized spacial score (nSPS) is 12.3. The average molecular weight is 260 g/mol. The number of nitrogens with one attached hydrogen (secondary N) is 1. The third kappa shape index (κ3) is 4.37. The Morgan fingerprint density at radius 1 is 1.42 bits per heavy atom. The van der Waals surface area contributed by atoms with E-state index in [1.54, 1.807) is 12.7 Å². The molecule has 0 radical (unpaired) electrons. The fourth-order valence-corrected chi connectivity index (χ4v) is 1.88. The van der Waals surface area contributed by atoms with Crippen molar-refractivity contribution >= 4 is 5.69 Å². The van der Waals surface area contributed by atoms with Crippen LogP contribution in [0.3, 0.4) is 0 Å². The van der Waals surface area contributed by atoms with Gasteiger partial charge in [0.15, 0.2) is 0 Å². The zero-order valence-electron chi connectivity index (χ0n) is 11.4. The Morgan fingerprint density at radius 3 is 3.05 bits per heavy atom. The maximum Gasteiger partial charge on any atom is 0.137 e. The first-order chi connectivity index (χ1) is 9.28. The Hall–Kier alpha value is -1.88. The molecule has 1 aromatic heterocycles. The van der Waals surface area contributed by atoms with E-state index in [-0.39, 0.29) is 0 Å². The van der Waals surface area contributed by atoms with Crippen molar-refractivity contribution in [3.8, 4) is 0 Å². The summed E-state index contributed by atoms with van der Waals surface area (Å²) in [6.07, 6.45) is 3.27. The molecule has 1 atom stereocenters. The Bertz CT molecular complexity index is 484. The van der Waals surface area contributed by atoms with E-state index in [9.17, 15) is 0 Å². The van der Waals surface area contributed by atoms with Crippen molar-refractivity contribution in [2.45, 2.75) is 26.4 Å². The van der Waals surface area contributed by atoms with Crippen molar-refractivity contribution in [1.29, 1.82) is 0 Å². The fraction of sp³-hybridized carbons (Fsp3) is 0.429. The number of aromatic nitrogens is 3. The minimum Gasteiger partial charge on any atom is -0.380 e. The van der Waals surface area contributed by atoms with Crippen molar-refractivity contribution in [1.82, 2.24) is 14.8 Å². The summed E-state index contributed by atoms with van der Waals surface area (Å²) in [6, 6.07) is 8.61. The molecule has 0 bridgehead atoms. The molecule has 102 valence electrons. The quantitative estimate of drug-likeness (QED) is 0.829. The molecule has 1 aromatic carbocycles. The first kappa shape index (κ1) is 13.5. The lowest BCUT2D eigenvalue weighted by Gasteiger charge is -2.15. The molecule has 0 saturated heterocycles. The summed E-state index contributed by atoms with van der Waals surface area (Å²) < 4.78 is 7.21. The van der Waals surface area contributed by atoms with Crippen LogP contribution in [0.25, 0.3) is 0 Å². The van der Waals surface area contributed by atoms with E-state index in [2.05, 4.69) is 40.5 Å². The summed E-state index contributed by atoms with van der Waals surface area (Å²) in [5.74, 6) is 0. The highest BCUT2D eigenvalue weighted by molar-refractivity contribution is 5.46. The van der Waals surface area contributed by atoms with Crippen LogP contribution < -0.4 is 5.32 Å². The van der Waals surface area contributed by atoms with Crippen molar-refractivity contribution in [3.63, 3.8) is 0 Å². The van der Waals surface area contributed by atoms with E-state index in [1.165, 1.54) is 5.56 Å². The van der Waals surface area contributed by atoms with E-state index < -0.39 is 0 Å². The molecule has 0 saturated carbocycles. The van der Waals surface area contributed by atoms with Crippen LogP contribution in [-0.2, 0) is 11.3 Å². The highest BCUT2D eigenvalue weighted by atomic mass is 16.5. The summed E-state index contributed by atoms with van der Waals surface area (Å²) in [4.78, 5) is 3.94. The summed E-state index contributed by atoms with van der Waals surface area (Å²) in [7, 11) is 0. The number of hydrogen-bond acceptors (Lipinski definition) is 4. The van der Waals surface area contributed by atoms with Crippen LogP contribution in [-0.4, -0.2) is 34.0 Å². The molecule has 2 rings (SSSR count). The Kier molecular flexibility index (Phi) is 4.92. The molecule has 2 aromatic rings. The predicted octanol–water partition coefficient (Wildman–Crippen LogP) is 2.16. The van der Waals surface area contributed by atoms with E-state index in [4.69, 9.17) is 4.74 Å². The summed E-state index contributed by atoms with van der Waals surface area (Å²) in [5, 5.41) is 7.53. The summed E-state index contributed by atoms with van der Waals surface area (Å²) in [6.45, 7) is 6.31. The van der Waals surface area contributed by atoms with Gasteiger partial charge in [-0.15, -0.1) is 0 Å². The molecule has 0 fully saturated rings. The zero-order chi connectivity index (χ0) is 13.5. The molecule has 0 spiro atoms. The van der Waals surface area contributed by atoms with Crippen molar-refractivity contribution in [2.24, 2.45) is 0 Å². The standard InChI is InChI=1S/C14H20N4O/c1-3-19-9-12(2)17-14-6-4-5-13(7-14)8-18-11-15-10-16-18/h4-7,10-12,17H,3,8-9H2,1-2H3. The van der Waals surface area contributed by atoms with Gasteiger partial charge in [0.05, 0.1) is 13.2 Å². The number of anilines is 1. The number of ether oxygens (including phenoxy) is 1. The SMILES string of the molecule is CCOCC(C)Nc1cccc(Cn2cncn2)c1. The second kappa shape index (κ2) is 6.89. The van der Waals surface area contributed by atoms with Crippen molar-refractivity contribution < 1.29 is 4.74 Å². The Balaban J connectivity index is 1.95. The minimum absolute atomic E-state index is 0.293. The molecule has 0 amide bonds. The first-order valence-electron chi connectivity index (χ1n) is 6.53. The topological polar surface area (TPSA) is 52.0 Å². The highest BCUT2D eigenvalue weighted by Crippen LogP contribution is 2.12. The molecule has 1 heterocycles. The summed E-state index contributed by atoms with van der Waals surface area (Å²) in [5.41, 5.74) is 2.30. The second-order valence-corrected chi connectivity index (χ2v) is 4.50. The van der Waals surface area contributed by atoms with Gasteiger partial charge in [0.2, 0.25) is 0 Å². The monoisotopic (exact) mass is 260 g/mol. The van der Waals surface area contributed by atoms with Crippen LogP contribution in [0.15, 0.2) is 36.9 Å². The molecular weight excluding hydrogens is 240 g/mol. The third-order valence-corrected chi connectivity index (χ3v) is 2.72. The van der Waals surface area contributed by atoms with Gasteiger partial charge in [-0.05, 0) is 31.5 Å². The number of nitrogens with zero attached hydrogens (tertiary/aromatic N) is 3. The minimum atomic E-state index is 0.293. The molecule has 0 aliphatic rings. The first-order valence-corrected chi connectivity index (χ1v) is 6.53. The number of hydrogen-bond donors (Lipinski definition) is 1. The Labute approximate surface area is 113 Å². The van der Waals surface area contributed by atoms with Crippen LogP contribution >= 0.6 is 0 Å². The average Bonchev–Trinajstić information content (AvgIpc) is 2.89. The van der Waals surface area contributed by atoms with E-state index >= 15 is 0 Å². The van der Waals surface area contributed by atoms with Gasteiger partial charge in [-0.1, -0.05) is 12.1 Å². The molecular formula is C14H20N4O. The third-order valence-electron chi connectivity index (χ3n) is 2.72. The highest BCUT2D eigenvalue weighted by Gasteiger charge is 2.03. The Morgan fingerprint density at radius 2 is 2.32 bits per heavy atom. The van der Waals surface area contributed by atoms with Crippen LogP contribution in [0.4, 0.5) is 5.69 Å². The van der Waals surface area contributed by atoms with Crippen LogP contribution in [0.2, 0.25) is 0 Å². The van der Waals surface area contributed by atoms with Crippen molar-refractivity contribution in [3.05, 3.63) is 42.5 Å². The van der Waals surface area contributed by atoms with Crippen LogP contribution in [0.5, 0.6) is 0 Å². The molecule has 5 nitrogen and oxygen atoms in total. The number of rotatable bonds is 7. The maximum atomic E-state index is 5.40. The van der Waals surface area contributed by atoms with Gasteiger partial charge < -0.3 is 10.1 Å². The van der Waals surface area contributed by atoms with Gasteiger partial charge in [-0.25, -0.2) is 9.67 Å². The smallest absolute Gasteiger partial charge is 0.137 e. The van der Waals surface area contributed by atoms with Crippen molar-refractivity contribution in [2.75, 3.05) is 18.5 Å². The molecule has 0 aliphatic carbocycles. The molecule has 0 aliphatic heterocycles. The lowest BCUT2D eigenvalue weighted by molar-refractivity contribution is 0.141. The van der Waals surface area contributed by atoms with Gasteiger partial charge in [-0.3, -0.25) is 0 Å². The number of benzene rings is 1. The van der Waals surface area contributed by atoms with Crippen LogP contribution in [0.1, 0.15) is 19.4 Å². The molecule has 1 N–H and O–H groups in total.